The Morgan fingerprint density at radius 3 is 1.00 bits per heavy atom. The van der Waals surface area contributed by atoms with Crippen molar-refractivity contribution in [1.29, 1.82) is 0 Å². The lowest BCUT2D eigenvalue weighted by Gasteiger charge is -2.40. The second-order valence-electron chi connectivity index (χ2n) is 35.4. The van der Waals surface area contributed by atoms with Gasteiger partial charge in [-0.1, -0.05) is 126 Å². The highest BCUT2D eigenvalue weighted by Crippen LogP contribution is 2.48. The monoisotopic (exact) mass is 1850 g/mol. The summed E-state index contributed by atoms with van der Waals surface area (Å²) < 4.78 is 5.58. The molecule has 23 heteroatoms. The van der Waals surface area contributed by atoms with Crippen LogP contribution in [0.2, 0.25) is 10.0 Å². The van der Waals surface area contributed by atoms with Crippen molar-refractivity contribution in [1.82, 2.24) is 0 Å². The van der Waals surface area contributed by atoms with Crippen molar-refractivity contribution in [2.45, 2.75) is 183 Å². The fourth-order valence-electron chi connectivity index (χ4n) is 19.4. The van der Waals surface area contributed by atoms with Crippen molar-refractivity contribution in [3.8, 4) is 74.9 Å². The maximum atomic E-state index is 12.6. The van der Waals surface area contributed by atoms with Crippen LogP contribution in [0.5, 0.6) is 5.75 Å². The average Bonchev–Trinajstić information content (AvgIpc) is 0.768. The molecule has 136 heavy (non-hydrogen) atoms. The first-order valence-electron chi connectivity index (χ1n) is 45.9. The normalized spacial score (nSPS) is 17.4. The number of methoxy groups -OCH3 is 1. The van der Waals surface area contributed by atoms with Crippen molar-refractivity contribution in [3.63, 3.8) is 0 Å². The first-order valence-corrected chi connectivity index (χ1v) is 46.6. The number of ether oxygens (including phenoxy) is 1. The minimum absolute atomic E-state index is 0.00558. The topological polar surface area (TPSA) is 255 Å². The third-order valence-corrected chi connectivity index (χ3v) is 25.8. The molecular formula is C113H114Cl2N12O9. The number of rotatable bonds is 17. The Hall–Kier alpha value is -14.9. The fraction of sp³-hybridized carbons (Fsp3) is 0.257. The molecule has 4 heterocycles. The molecule has 0 saturated carbocycles. The highest BCUT2D eigenvalue weighted by atomic mass is 35.5. The molecule has 694 valence electrons. The molecular weight excluding hydrogens is 1740 g/mol. The highest BCUT2D eigenvalue weighted by Gasteiger charge is 2.38. The van der Waals surface area contributed by atoms with Crippen LogP contribution in [-0.4, -0.2) is 78.5 Å². The molecule has 1 aliphatic carbocycles. The third-order valence-electron chi connectivity index (χ3n) is 25.2. The molecule has 12 aromatic rings. The van der Waals surface area contributed by atoms with Gasteiger partial charge in [-0.25, -0.2) is 0 Å². The van der Waals surface area contributed by atoms with Crippen molar-refractivity contribution in [2.24, 2.45) is 0 Å². The quantitative estimate of drug-likeness (QED) is 0.0395. The number of para-hydroxylation sites is 1. The van der Waals surface area contributed by atoms with Crippen LogP contribution in [0, 0.1) is 24.7 Å². The van der Waals surface area contributed by atoms with Gasteiger partial charge in [0.1, 0.15) is 5.75 Å². The summed E-state index contributed by atoms with van der Waals surface area (Å²) in [6, 6.07) is 81.7. The van der Waals surface area contributed by atoms with Gasteiger partial charge in [-0.3, -0.25) is 38.4 Å². The van der Waals surface area contributed by atoms with Gasteiger partial charge < -0.3 is 66.9 Å². The SMILES string of the molecule is C#Cc1ccc(N[C@@H]2C[C@H](C)N(C(C)=O)c3ccc(-c4cccc(NC(C)=O)c4)cc32)c(OC)c1.C#Cc1ccc(N[C@@H]2C[C@H](C)N(C(C)=O)c3ccc(-c4cccc(NC(C)=O)c4)cc32)cc1Cl.CC(=O)Nc1cccc(-c2ccc3c(c2)[C@H](Nc2ccc4c(c2)CCCC4)C[C@H](C)N3C(C)=O)c1.CC(=O)Nc1cccc(-c2ccc3c(c2)[C@H](Nc2ccccc2Cl)C[C@H](C)N3C(C)=O)c1. The summed E-state index contributed by atoms with van der Waals surface area (Å²) in [5.74, 6) is 5.55. The van der Waals surface area contributed by atoms with Crippen LogP contribution in [-0.2, 0) is 51.2 Å². The lowest BCUT2D eigenvalue weighted by molar-refractivity contribution is -0.118. The van der Waals surface area contributed by atoms with E-state index in [-0.39, 0.29) is 95.6 Å². The van der Waals surface area contributed by atoms with Crippen molar-refractivity contribution < 1.29 is 43.1 Å². The molecule has 12 aromatic carbocycles. The van der Waals surface area contributed by atoms with Crippen molar-refractivity contribution in [2.75, 3.05) is 69.2 Å². The number of hydrogen-bond donors (Lipinski definition) is 8. The second-order valence-corrected chi connectivity index (χ2v) is 36.2. The number of benzene rings is 12. The molecule has 8 atom stereocenters. The summed E-state index contributed by atoms with van der Waals surface area (Å²) in [5.41, 5.74) is 26.9. The molecule has 0 saturated heterocycles. The van der Waals surface area contributed by atoms with Crippen LogP contribution in [0.1, 0.15) is 190 Å². The van der Waals surface area contributed by atoms with Crippen LogP contribution in [0.15, 0.2) is 249 Å². The maximum absolute atomic E-state index is 12.6. The van der Waals surface area contributed by atoms with E-state index in [1.165, 1.54) is 58.1 Å². The summed E-state index contributed by atoms with van der Waals surface area (Å²) in [6.07, 6.45) is 19.0. The van der Waals surface area contributed by atoms with Gasteiger partial charge in [0.2, 0.25) is 47.3 Å². The number of nitrogens with zero attached hydrogens (tertiary/aromatic N) is 4. The predicted octanol–water partition coefficient (Wildman–Crippen LogP) is 24.6. The Morgan fingerprint density at radius 1 is 0.324 bits per heavy atom. The number of aryl methyl sites for hydroxylation is 2. The Balaban J connectivity index is 0.000000145. The largest absolute Gasteiger partial charge is 0.495 e. The Kier molecular flexibility index (Phi) is 31.0. The number of carbonyl (C=O) groups is 8. The number of amides is 8. The number of nitrogens with one attached hydrogen (secondary N) is 8. The number of carbonyl (C=O) groups excluding carboxylic acids is 8. The van der Waals surface area contributed by atoms with E-state index in [1.807, 2.05) is 214 Å². The molecule has 0 fully saturated rings. The number of hydrogen-bond acceptors (Lipinski definition) is 13. The zero-order valence-corrected chi connectivity index (χ0v) is 80.3. The van der Waals surface area contributed by atoms with Gasteiger partial charge in [0.05, 0.1) is 52.7 Å². The fourth-order valence-corrected chi connectivity index (χ4v) is 19.8. The van der Waals surface area contributed by atoms with Gasteiger partial charge in [-0.15, -0.1) is 12.8 Å². The van der Waals surface area contributed by atoms with Gasteiger partial charge >= 0.3 is 0 Å². The average molecular weight is 1860 g/mol. The molecule has 0 aromatic heterocycles. The van der Waals surface area contributed by atoms with Crippen LogP contribution >= 0.6 is 23.2 Å². The number of halogens is 2. The molecule has 5 aliphatic rings. The lowest BCUT2D eigenvalue weighted by atomic mass is 9.88. The van der Waals surface area contributed by atoms with Gasteiger partial charge in [-0.05, 0) is 315 Å². The van der Waals surface area contributed by atoms with E-state index in [0.717, 1.165) is 173 Å². The van der Waals surface area contributed by atoms with Gasteiger partial charge in [0.25, 0.3) is 0 Å². The molecule has 0 radical (unpaired) electrons. The molecule has 0 spiro atoms. The minimum atomic E-state index is -0.118. The van der Waals surface area contributed by atoms with E-state index >= 15 is 0 Å². The highest BCUT2D eigenvalue weighted by molar-refractivity contribution is 6.33. The summed E-state index contributed by atoms with van der Waals surface area (Å²) in [4.78, 5) is 103. The number of fused-ring (bicyclic) bond motifs is 5. The molecule has 8 amide bonds. The van der Waals surface area contributed by atoms with E-state index in [9.17, 15) is 38.4 Å². The molecule has 8 N–H and O–H groups in total. The van der Waals surface area contributed by atoms with Gasteiger partial charge in [-0.2, -0.15) is 0 Å². The van der Waals surface area contributed by atoms with E-state index in [2.05, 4.69) is 137 Å². The van der Waals surface area contributed by atoms with Crippen molar-refractivity contribution >= 4 is 139 Å². The van der Waals surface area contributed by atoms with E-state index in [0.29, 0.717) is 21.4 Å². The Labute approximate surface area is 806 Å². The van der Waals surface area contributed by atoms with Crippen molar-refractivity contribution in [3.05, 3.63) is 303 Å². The van der Waals surface area contributed by atoms with Crippen LogP contribution in [0.25, 0.3) is 44.5 Å². The first kappa shape index (κ1) is 97.1. The lowest BCUT2D eigenvalue weighted by Crippen LogP contribution is -2.43. The zero-order valence-electron chi connectivity index (χ0n) is 78.8. The Morgan fingerprint density at radius 2 is 0.662 bits per heavy atom. The predicted molar refractivity (Wildman–Crippen MR) is 554 cm³/mol. The Bertz CT molecular complexity index is 6680. The summed E-state index contributed by atoms with van der Waals surface area (Å²) >= 11 is 12.7. The number of anilines is 12. The summed E-state index contributed by atoms with van der Waals surface area (Å²) in [5, 5.41) is 27.1. The molecule has 0 bridgehead atoms. The molecule has 4 aliphatic heterocycles. The first-order chi connectivity index (χ1) is 65.3. The zero-order chi connectivity index (χ0) is 96.9. The molecule has 17 rings (SSSR count). The van der Waals surface area contributed by atoms with Gasteiger partial charge in [0.15, 0.2) is 0 Å². The van der Waals surface area contributed by atoms with E-state index in [4.69, 9.17) is 40.8 Å². The minimum Gasteiger partial charge on any atom is -0.495 e. The van der Waals surface area contributed by atoms with Crippen LogP contribution < -0.4 is 66.9 Å². The van der Waals surface area contributed by atoms with Gasteiger partial charge in [0, 0.05) is 148 Å². The molecule has 0 unspecified atom stereocenters. The van der Waals surface area contributed by atoms with E-state index in [1.54, 1.807) is 34.8 Å². The smallest absolute Gasteiger partial charge is 0.224 e. The van der Waals surface area contributed by atoms with E-state index < -0.39 is 0 Å². The third kappa shape index (κ3) is 23.1. The summed E-state index contributed by atoms with van der Waals surface area (Å²) in [6.45, 7) is 20.7. The number of terminal acetylenes is 2. The standard InChI is InChI=1S/C30H33N3O2.C29H29N3O3.C28H26ClN3O2.C26H26ClN3O2/c1-19-15-29(32-27-13-11-22-7-4-5-8-23(22)16-27)28-18-25(12-14-30(28)33(19)21(3)35)24-9-6-10-26(17-24)31-20(2)34;1-6-21-10-12-26(29(15-21)35-5)31-27-14-18(2)32(20(4)34)28-13-11-23(17-25(27)28)22-8-7-9-24(16-22)30-19(3)33;1-5-20-9-11-24(16-26(20)29)31-27-13-17(2)32(19(4)34)28-12-10-22(15-25(27)28)21-7-6-8-23(14-21)30-18(3)33;1-16-13-25(29-24-10-5-4-9-23(24)27)22-15-20(11-12-26(22)30(16)18(3)32)19-7-6-8-21(14-19)28-17(2)31/h6,9-14,16-19,29,32H,4-5,7-8,15H2,1-3H3,(H,31,34);1,7-13,15-18,27,31H,14H2,2-5H3,(H,30,33);1,6-12,14-17,27,31H,13H2,2-4H3,(H,30,33);4-12,14-16,25,29H,13H2,1-3H3,(H,28,31)/t19-,29+;18-,27+;17-,27+;16-,25+/m0000/s1. The molecule has 21 nitrogen and oxygen atoms in total. The maximum Gasteiger partial charge on any atom is 0.224 e. The second kappa shape index (κ2) is 43.4. The van der Waals surface area contributed by atoms with Crippen LogP contribution in [0.4, 0.5) is 68.2 Å². The summed E-state index contributed by atoms with van der Waals surface area (Å²) in [7, 11) is 1.62. The van der Waals surface area contributed by atoms with Crippen LogP contribution in [0.3, 0.4) is 0 Å².